The van der Waals surface area contributed by atoms with E-state index in [0.29, 0.717) is 0 Å². The quantitative estimate of drug-likeness (QED) is 0.927. The monoisotopic (exact) mass is 269 g/mol. The number of rotatable bonds is 4. The molecule has 5 heteroatoms. The Morgan fingerprint density at radius 2 is 2.06 bits per heavy atom. The Morgan fingerprint density at radius 1 is 1.28 bits per heavy atom. The number of halogens is 1. The first-order valence-electron chi connectivity index (χ1n) is 5.77. The van der Waals surface area contributed by atoms with E-state index in [0.717, 1.165) is 29.3 Å². The molecule has 0 aliphatic carbocycles. The van der Waals surface area contributed by atoms with Gasteiger partial charge < -0.3 is 10.5 Å². The number of hydrogen-bond donors (Lipinski definition) is 1. The Labute approximate surface area is 114 Å². The minimum Gasteiger partial charge on any atom is -0.412 e. The minimum atomic E-state index is 0. The summed E-state index contributed by atoms with van der Waals surface area (Å²) in [6.45, 7) is 4.18. The molecule has 0 fully saturated rings. The first kappa shape index (κ1) is 16.6. The third-order valence-electron chi connectivity index (χ3n) is 2.56. The third kappa shape index (κ3) is 4.13. The lowest BCUT2D eigenvalue weighted by Crippen LogP contribution is -1.89. The molecule has 0 unspecified atom stereocenters. The number of H-pyrrole nitrogens is 1. The molecule has 18 heavy (non-hydrogen) atoms. The van der Waals surface area contributed by atoms with Crippen LogP contribution in [0.1, 0.15) is 31.3 Å². The summed E-state index contributed by atoms with van der Waals surface area (Å²) in [5.74, 6) is 1.06. The van der Waals surface area contributed by atoms with Crippen LogP contribution in [0.3, 0.4) is 0 Å². The van der Waals surface area contributed by atoms with Crippen LogP contribution in [-0.2, 0) is 6.42 Å². The highest BCUT2D eigenvalue weighted by molar-refractivity contribution is 5.85. The fraction of sp³-hybridized carbons (Fsp3) is 0.385. The average Bonchev–Trinajstić information content (AvgIpc) is 2.75. The second-order valence-electron chi connectivity index (χ2n) is 4.01. The second-order valence-corrected chi connectivity index (χ2v) is 4.01. The van der Waals surface area contributed by atoms with Gasteiger partial charge in [-0.15, -0.1) is 12.4 Å². The topological polar surface area (TPSA) is 73.1 Å². The Morgan fingerprint density at radius 3 is 2.72 bits per heavy atom. The van der Waals surface area contributed by atoms with Crippen LogP contribution in [0.5, 0.6) is 0 Å². The maximum atomic E-state index is 4.47. The van der Waals surface area contributed by atoms with Crippen molar-refractivity contribution in [1.29, 1.82) is 0 Å². The number of aryl methyl sites for hydroxylation is 2. The Hall–Kier alpha value is -1.39. The zero-order valence-electron chi connectivity index (χ0n) is 10.7. The van der Waals surface area contributed by atoms with Crippen LogP contribution in [0.2, 0.25) is 0 Å². The molecule has 4 nitrogen and oxygen atoms in total. The van der Waals surface area contributed by atoms with Crippen molar-refractivity contribution in [2.75, 3.05) is 0 Å². The summed E-state index contributed by atoms with van der Waals surface area (Å²) in [6, 6.07) is 6.02. The standard InChI is InChI=1S/C13H17N3.ClH.H2O/c1-3-4-8-13-14-9-12(16-13)11-7-5-6-10(2)15-11;;/h5-7,9H,3-4,8H2,1-2H3,(H,14,16);1H;1H2. The molecule has 0 atom stereocenters. The van der Waals surface area contributed by atoms with Gasteiger partial charge in [0, 0.05) is 12.1 Å². The fourth-order valence-electron chi connectivity index (χ4n) is 1.66. The molecule has 0 bridgehead atoms. The van der Waals surface area contributed by atoms with Crippen molar-refractivity contribution in [3.8, 4) is 11.4 Å². The number of nitrogens with one attached hydrogen (secondary N) is 1. The summed E-state index contributed by atoms with van der Waals surface area (Å²) in [6.07, 6.45) is 5.25. The molecule has 0 saturated heterocycles. The average molecular weight is 270 g/mol. The highest BCUT2D eigenvalue weighted by atomic mass is 35.5. The zero-order chi connectivity index (χ0) is 11.4. The number of pyridine rings is 1. The van der Waals surface area contributed by atoms with E-state index in [2.05, 4.69) is 21.9 Å². The van der Waals surface area contributed by atoms with Crippen LogP contribution in [0, 0.1) is 6.92 Å². The summed E-state index contributed by atoms with van der Waals surface area (Å²) in [5.41, 5.74) is 3.01. The lowest BCUT2D eigenvalue weighted by atomic mass is 10.2. The van der Waals surface area contributed by atoms with Gasteiger partial charge in [0.1, 0.15) is 5.82 Å². The van der Waals surface area contributed by atoms with E-state index in [1.807, 2.05) is 31.3 Å². The Balaban J connectivity index is 0.00000144. The molecule has 0 saturated carbocycles. The van der Waals surface area contributed by atoms with Gasteiger partial charge >= 0.3 is 0 Å². The molecule has 0 aromatic carbocycles. The number of hydrogen-bond acceptors (Lipinski definition) is 2. The molecular weight excluding hydrogens is 250 g/mol. The molecule has 2 aromatic rings. The molecule has 3 N–H and O–H groups in total. The zero-order valence-corrected chi connectivity index (χ0v) is 11.5. The van der Waals surface area contributed by atoms with Crippen LogP contribution in [0.25, 0.3) is 11.4 Å². The van der Waals surface area contributed by atoms with Gasteiger partial charge in [-0.3, -0.25) is 4.98 Å². The van der Waals surface area contributed by atoms with E-state index < -0.39 is 0 Å². The Kier molecular flexibility index (Phi) is 7.24. The van der Waals surface area contributed by atoms with Crippen molar-refractivity contribution in [3.05, 3.63) is 35.9 Å². The molecule has 0 aliphatic rings. The first-order chi connectivity index (χ1) is 7.79. The number of nitrogens with zero attached hydrogens (tertiary/aromatic N) is 2. The molecule has 100 valence electrons. The summed E-state index contributed by atoms with van der Waals surface area (Å²) in [4.78, 5) is 12.1. The predicted molar refractivity (Wildman–Crippen MR) is 76.0 cm³/mol. The van der Waals surface area contributed by atoms with Gasteiger partial charge in [0.2, 0.25) is 0 Å². The van der Waals surface area contributed by atoms with E-state index >= 15 is 0 Å². The van der Waals surface area contributed by atoms with Crippen LogP contribution < -0.4 is 0 Å². The first-order valence-corrected chi connectivity index (χ1v) is 5.77. The van der Waals surface area contributed by atoms with Crippen LogP contribution >= 0.6 is 12.4 Å². The van der Waals surface area contributed by atoms with E-state index in [9.17, 15) is 0 Å². The maximum Gasteiger partial charge on any atom is 0.106 e. The minimum absolute atomic E-state index is 0. The van der Waals surface area contributed by atoms with Gasteiger partial charge in [0.05, 0.1) is 17.6 Å². The second kappa shape index (κ2) is 7.84. The molecule has 0 aliphatic heterocycles. The van der Waals surface area contributed by atoms with E-state index in [4.69, 9.17) is 0 Å². The fourth-order valence-corrected chi connectivity index (χ4v) is 1.66. The van der Waals surface area contributed by atoms with Crippen LogP contribution in [0.4, 0.5) is 0 Å². The third-order valence-corrected chi connectivity index (χ3v) is 2.56. The number of aromatic amines is 1. The van der Waals surface area contributed by atoms with Gasteiger partial charge in [-0.1, -0.05) is 19.4 Å². The van der Waals surface area contributed by atoms with E-state index in [-0.39, 0.29) is 17.9 Å². The van der Waals surface area contributed by atoms with Crippen molar-refractivity contribution >= 4 is 12.4 Å². The number of aromatic nitrogens is 3. The van der Waals surface area contributed by atoms with Gasteiger partial charge in [-0.25, -0.2) is 4.98 Å². The van der Waals surface area contributed by atoms with Crippen molar-refractivity contribution in [3.63, 3.8) is 0 Å². The summed E-state index contributed by atoms with van der Waals surface area (Å²) in [5, 5.41) is 0. The molecule has 2 heterocycles. The van der Waals surface area contributed by atoms with Crippen LogP contribution in [-0.4, -0.2) is 20.4 Å². The molecule has 2 rings (SSSR count). The normalized spacial score (nSPS) is 9.44. The van der Waals surface area contributed by atoms with Crippen molar-refractivity contribution in [2.24, 2.45) is 0 Å². The molecular formula is C13H20ClN3O. The van der Waals surface area contributed by atoms with Gasteiger partial charge in [-0.05, 0) is 25.5 Å². The van der Waals surface area contributed by atoms with E-state index in [1.54, 1.807) is 0 Å². The highest BCUT2D eigenvalue weighted by Gasteiger charge is 2.03. The summed E-state index contributed by atoms with van der Waals surface area (Å²) in [7, 11) is 0. The van der Waals surface area contributed by atoms with Crippen LogP contribution in [0.15, 0.2) is 24.4 Å². The highest BCUT2D eigenvalue weighted by Crippen LogP contribution is 2.15. The van der Waals surface area contributed by atoms with E-state index in [1.165, 1.54) is 12.8 Å². The largest absolute Gasteiger partial charge is 0.412 e. The maximum absolute atomic E-state index is 4.47. The predicted octanol–water partition coefficient (Wildman–Crippen LogP) is 2.72. The lowest BCUT2D eigenvalue weighted by Gasteiger charge is -1.98. The number of imidazole rings is 1. The summed E-state index contributed by atoms with van der Waals surface area (Å²) < 4.78 is 0. The van der Waals surface area contributed by atoms with Gasteiger partial charge in [0.25, 0.3) is 0 Å². The van der Waals surface area contributed by atoms with Crippen molar-refractivity contribution < 1.29 is 5.48 Å². The van der Waals surface area contributed by atoms with Gasteiger partial charge in [0.15, 0.2) is 0 Å². The molecule has 2 aromatic heterocycles. The summed E-state index contributed by atoms with van der Waals surface area (Å²) >= 11 is 0. The molecule has 0 spiro atoms. The van der Waals surface area contributed by atoms with Gasteiger partial charge in [-0.2, -0.15) is 0 Å². The molecule has 0 amide bonds. The van der Waals surface area contributed by atoms with Crippen molar-refractivity contribution in [2.45, 2.75) is 33.1 Å². The van der Waals surface area contributed by atoms with Crippen molar-refractivity contribution in [1.82, 2.24) is 15.0 Å². The SMILES string of the molecule is CCCCc1ncc(-c2cccc(C)n2)[nH]1.Cl.O. The lowest BCUT2D eigenvalue weighted by molar-refractivity contribution is 0.763. The number of unbranched alkanes of at least 4 members (excludes halogenated alkanes) is 1. The molecule has 0 radical (unpaired) electrons. The smallest absolute Gasteiger partial charge is 0.106 e. The Bertz CT molecular complexity index is 471.